The second kappa shape index (κ2) is 6.74. The van der Waals surface area contributed by atoms with Crippen LogP contribution in [0.15, 0.2) is 9.32 Å². The van der Waals surface area contributed by atoms with E-state index in [4.69, 9.17) is 4.52 Å². The topological polar surface area (TPSA) is 85.4 Å². The maximum atomic E-state index is 12.2. The highest BCUT2D eigenvalue weighted by atomic mass is 32.2. The molecule has 120 valence electrons. The first-order valence-electron chi connectivity index (χ1n) is 7.47. The molecule has 0 aromatic carbocycles. The zero-order valence-corrected chi connectivity index (χ0v) is 13.4. The van der Waals surface area contributed by atoms with Crippen molar-refractivity contribution in [3.8, 4) is 0 Å². The molecule has 0 bridgehead atoms. The molecule has 8 heteroatoms. The van der Waals surface area contributed by atoms with Crippen molar-refractivity contribution >= 4 is 10.0 Å². The molecule has 1 aliphatic rings. The molecule has 0 fully saturated rings. The molecule has 1 unspecified atom stereocenters. The van der Waals surface area contributed by atoms with Crippen LogP contribution >= 0.6 is 0 Å². The Balaban J connectivity index is 2.15. The number of hydrogen-bond acceptors (Lipinski definition) is 5. The molecule has 1 aromatic heterocycles. The summed E-state index contributed by atoms with van der Waals surface area (Å²) in [6, 6.07) is -0.192. The fourth-order valence-corrected chi connectivity index (χ4v) is 4.03. The van der Waals surface area contributed by atoms with Crippen LogP contribution < -0.4 is 5.76 Å². The molecule has 2 heterocycles. The lowest BCUT2D eigenvalue weighted by Crippen LogP contribution is -2.36. The Morgan fingerprint density at radius 3 is 2.90 bits per heavy atom. The minimum atomic E-state index is -3.27. The molecule has 1 aliphatic heterocycles. The Morgan fingerprint density at radius 1 is 1.43 bits per heavy atom. The minimum Gasteiger partial charge on any atom is -0.296 e. The maximum Gasteiger partial charge on any atom is 0.441 e. The van der Waals surface area contributed by atoms with Crippen LogP contribution in [0.4, 0.5) is 0 Å². The summed E-state index contributed by atoms with van der Waals surface area (Å²) in [7, 11) is -1.69. The molecular formula is C13H23N3O4S. The quantitative estimate of drug-likeness (QED) is 0.786. The summed E-state index contributed by atoms with van der Waals surface area (Å²) in [4.78, 5) is 11.8. The number of aryl methyl sites for hydroxylation is 1. The molecule has 21 heavy (non-hydrogen) atoms. The van der Waals surface area contributed by atoms with E-state index in [1.54, 1.807) is 7.05 Å². The van der Waals surface area contributed by atoms with Crippen LogP contribution in [-0.4, -0.2) is 41.8 Å². The summed E-state index contributed by atoms with van der Waals surface area (Å²) in [6.07, 6.45) is 4.85. The van der Waals surface area contributed by atoms with Gasteiger partial charge in [-0.15, -0.1) is 0 Å². The van der Waals surface area contributed by atoms with E-state index in [-0.39, 0.29) is 11.8 Å². The summed E-state index contributed by atoms with van der Waals surface area (Å²) in [5, 5.41) is 3.79. The number of sulfonamides is 1. The normalized spacial score (nSPS) is 19.5. The highest BCUT2D eigenvalue weighted by molar-refractivity contribution is 7.89. The van der Waals surface area contributed by atoms with E-state index < -0.39 is 15.8 Å². The van der Waals surface area contributed by atoms with Gasteiger partial charge in [0.15, 0.2) is 5.82 Å². The molecule has 1 atom stereocenters. The Hall–Kier alpha value is -1.15. The van der Waals surface area contributed by atoms with Gasteiger partial charge in [-0.3, -0.25) is 9.09 Å². The van der Waals surface area contributed by atoms with Gasteiger partial charge in [0, 0.05) is 20.0 Å². The van der Waals surface area contributed by atoms with E-state index in [0.717, 1.165) is 25.7 Å². The smallest absolute Gasteiger partial charge is 0.296 e. The van der Waals surface area contributed by atoms with E-state index in [2.05, 4.69) is 5.16 Å². The Kier molecular flexibility index (Phi) is 5.21. The zero-order valence-electron chi connectivity index (χ0n) is 12.6. The molecule has 0 saturated heterocycles. The number of nitrogens with zero attached hydrogens (tertiary/aromatic N) is 3. The van der Waals surface area contributed by atoms with E-state index in [1.165, 1.54) is 8.87 Å². The zero-order chi connectivity index (χ0) is 15.5. The predicted molar refractivity (Wildman–Crippen MR) is 78.7 cm³/mol. The fourth-order valence-electron chi connectivity index (χ4n) is 2.67. The summed E-state index contributed by atoms with van der Waals surface area (Å²) in [5.74, 6) is 0.288. The molecule has 0 amide bonds. The number of fused-ring (bicyclic) bond motifs is 1. The summed E-state index contributed by atoms with van der Waals surface area (Å²) >= 11 is 0. The predicted octanol–water partition coefficient (Wildman–Crippen LogP) is 1.17. The average molecular weight is 317 g/mol. The Labute approximate surface area is 125 Å². The van der Waals surface area contributed by atoms with Gasteiger partial charge in [0.25, 0.3) is 0 Å². The van der Waals surface area contributed by atoms with Crippen LogP contribution in [0.2, 0.25) is 0 Å². The third-order valence-electron chi connectivity index (χ3n) is 3.96. The van der Waals surface area contributed by atoms with Crippen LogP contribution in [-0.2, 0) is 16.4 Å². The molecular weight excluding hydrogens is 294 g/mol. The molecule has 2 rings (SSSR count). The second-order valence-electron chi connectivity index (χ2n) is 5.58. The SMILES string of the molecule is CCCCS(=O)(=O)N(C)CC1CCCCc2noc(=O)n21. The van der Waals surface area contributed by atoms with Gasteiger partial charge in [-0.25, -0.2) is 17.5 Å². The third kappa shape index (κ3) is 3.74. The summed E-state index contributed by atoms with van der Waals surface area (Å²) < 4.78 is 32.0. The number of hydrogen-bond donors (Lipinski definition) is 0. The van der Waals surface area contributed by atoms with Crippen molar-refractivity contribution in [2.24, 2.45) is 0 Å². The number of unbranched alkanes of at least 4 members (excludes halogenated alkanes) is 1. The van der Waals surface area contributed by atoms with Crippen molar-refractivity contribution in [1.29, 1.82) is 0 Å². The van der Waals surface area contributed by atoms with E-state index in [1.807, 2.05) is 6.92 Å². The number of likely N-dealkylation sites (N-methyl/N-ethyl adjacent to an activating group) is 1. The van der Waals surface area contributed by atoms with Gasteiger partial charge in [-0.1, -0.05) is 24.9 Å². The van der Waals surface area contributed by atoms with Crippen molar-refractivity contribution in [2.45, 2.75) is 51.5 Å². The molecule has 7 nitrogen and oxygen atoms in total. The first kappa shape index (κ1) is 16.2. The van der Waals surface area contributed by atoms with Crippen molar-refractivity contribution < 1.29 is 12.9 Å². The van der Waals surface area contributed by atoms with Crippen LogP contribution in [0.25, 0.3) is 0 Å². The molecule has 1 aromatic rings. The van der Waals surface area contributed by atoms with Crippen LogP contribution in [0.1, 0.15) is 50.9 Å². The molecule has 0 N–H and O–H groups in total. The van der Waals surface area contributed by atoms with E-state index >= 15 is 0 Å². The molecule has 0 spiro atoms. The molecule has 0 saturated carbocycles. The van der Waals surface area contributed by atoms with Crippen molar-refractivity contribution in [1.82, 2.24) is 14.0 Å². The Morgan fingerprint density at radius 2 is 2.19 bits per heavy atom. The lowest BCUT2D eigenvalue weighted by Gasteiger charge is -2.23. The van der Waals surface area contributed by atoms with Crippen LogP contribution in [0.5, 0.6) is 0 Å². The first-order chi connectivity index (χ1) is 9.95. The van der Waals surface area contributed by atoms with Crippen molar-refractivity contribution in [2.75, 3.05) is 19.3 Å². The largest absolute Gasteiger partial charge is 0.441 e. The number of aromatic nitrogens is 2. The fraction of sp³-hybridized carbons (Fsp3) is 0.846. The monoisotopic (exact) mass is 317 g/mol. The standard InChI is InChI=1S/C13H23N3O4S/c1-3-4-9-21(18,19)15(2)10-11-7-5-6-8-12-14-20-13(17)16(11)12/h11H,3-10H2,1-2H3. The van der Waals surface area contributed by atoms with Gasteiger partial charge in [0.05, 0.1) is 11.8 Å². The third-order valence-corrected chi connectivity index (χ3v) is 5.86. The maximum absolute atomic E-state index is 12.2. The van der Waals surface area contributed by atoms with Gasteiger partial charge in [0.2, 0.25) is 10.0 Å². The highest BCUT2D eigenvalue weighted by Gasteiger charge is 2.27. The second-order valence-corrected chi connectivity index (χ2v) is 7.78. The van der Waals surface area contributed by atoms with Crippen molar-refractivity contribution in [3.05, 3.63) is 16.4 Å². The molecule has 0 aliphatic carbocycles. The highest BCUT2D eigenvalue weighted by Crippen LogP contribution is 2.22. The minimum absolute atomic E-state index is 0.151. The summed E-state index contributed by atoms with van der Waals surface area (Å²) in [6.45, 7) is 2.25. The van der Waals surface area contributed by atoms with Crippen molar-refractivity contribution in [3.63, 3.8) is 0 Å². The van der Waals surface area contributed by atoms with E-state index in [9.17, 15) is 13.2 Å². The van der Waals surface area contributed by atoms with Gasteiger partial charge in [0.1, 0.15) is 0 Å². The lowest BCUT2D eigenvalue weighted by molar-refractivity contribution is 0.323. The lowest BCUT2D eigenvalue weighted by atomic mass is 10.1. The van der Waals surface area contributed by atoms with Gasteiger partial charge >= 0.3 is 5.76 Å². The van der Waals surface area contributed by atoms with Crippen LogP contribution in [0, 0.1) is 0 Å². The van der Waals surface area contributed by atoms with Gasteiger partial charge in [-0.2, -0.15) is 0 Å². The average Bonchev–Trinajstić information content (AvgIpc) is 2.69. The summed E-state index contributed by atoms with van der Waals surface area (Å²) in [5.41, 5.74) is 0. The Bertz CT molecular complexity index is 620. The first-order valence-corrected chi connectivity index (χ1v) is 9.07. The van der Waals surface area contributed by atoms with Gasteiger partial charge in [-0.05, 0) is 19.3 Å². The van der Waals surface area contributed by atoms with E-state index in [0.29, 0.717) is 25.2 Å². The van der Waals surface area contributed by atoms with Crippen LogP contribution in [0.3, 0.4) is 0 Å². The van der Waals surface area contributed by atoms with Gasteiger partial charge < -0.3 is 0 Å². The molecule has 0 radical (unpaired) electrons. The number of rotatable bonds is 6.